The average Bonchev–Trinajstić information content (AvgIpc) is 2.60. The molecule has 0 unspecified atom stereocenters. The number of hydrogen-bond acceptors (Lipinski definition) is 4. The Hall–Kier alpha value is -2.64. The maximum Gasteiger partial charge on any atom is 0.231 e. The summed E-state index contributed by atoms with van der Waals surface area (Å²) in [6, 6.07) is 12.3. The Morgan fingerprint density at radius 1 is 1.19 bits per heavy atom. The van der Waals surface area contributed by atoms with Crippen molar-refractivity contribution in [3.63, 3.8) is 0 Å². The Morgan fingerprint density at radius 2 is 1.96 bits per heavy atom. The van der Waals surface area contributed by atoms with Crippen LogP contribution in [-0.4, -0.2) is 32.6 Å². The van der Waals surface area contributed by atoms with Crippen LogP contribution < -0.4 is 9.62 Å². The fourth-order valence-electron chi connectivity index (χ4n) is 2.67. The molecule has 6 nitrogen and oxygen atoms in total. The van der Waals surface area contributed by atoms with Gasteiger partial charge >= 0.3 is 0 Å². The second kappa shape index (κ2) is 7.54. The number of carbonyl (C=O) groups is 1. The minimum absolute atomic E-state index is 0.167. The quantitative estimate of drug-likeness (QED) is 0.707. The standard InChI is InChI=1S/C19H18ClN3O3S/c1-23(27(2,25)26)16-7-6-14-11-21-12-18(17(14)10-16)22-19(24)9-13-4-3-5-15(20)8-13/h3-8,10-12H,9H2,1-2H3,(H,22,24). The highest BCUT2D eigenvalue weighted by Gasteiger charge is 2.14. The van der Waals surface area contributed by atoms with Gasteiger partial charge in [-0.15, -0.1) is 0 Å². The first-order valence-corrected chi connectivity index (χ1v) is 10.3. The molecule has 0 aliphatic rings. The van der Waals surface area contributed by atoms with Crippen molar-refractivity contribution >= 4 is 49.7 Å². The molecule has 0 saturated carbocycles. The highest BCUT2D eigenvalue weighted by Crippen LogP contribution is 2.28. The smallest absolute Gasteiger partial charge is 0.231 e. The van der Waals surface area contributed by atoms with Gasteiger partial charge < -0.3 is 5.32 Å². The maximum absolute atomic E-state index is 12.4. The molecule has 140 valence electrons. The number of nitrogens with zero attached hydrogens (tertiary/aromatic N) is 2. The topological polar surface area (TPSA) is 79.4 Å². The van der Waals surface area contributed by atoms with Gasteiger partial charge in [-0.25, -0.2) is 8.42 Å². The lowest BCUT2D eigenvalue weighted by Gasteiger charge is -2.18. The van der Waals surface area contributed by atoms with E-state index >= 15 is 0 Å². The molecule has 0 fully saturated rings. The van der Waals surface area contributed by atoms with Crippen LogP contribution in [0.4, 0.5) is 11.4 Å². The van der Waals surface area contributed by atoms with Gasteiger partial charge in [-0.2, -0.15) is 0 Å². The number of halogens is 1. The maximum atomic E-state index is 12.4. The second-order valence-electron chi connectivity index (χ2n) is 6.18. The molecule has 1 amide bonds. The summed E-state index contributed by atoms with van der Waals surface area (Å²) in [6.07, 6.45) is 4.51. The van der Waals surface area contributed by atoms with Crippen molar-refractivity contribution in [2.45, 2.75) is 6.42 Å². The minimum atomic E-state index is -3.39. The molecule has 0 aliphatic heterocycles. The van der Waals surface area contributed by atoms with Gasteiger partial charge in [0.1, 0.15) is 0 Å². The number of amides is 1. The summed E-state index contributed by atoms with van der Waals surface area (Å²) in [5.41, 5.74) is 1.82. The van der Waals surface area contributed by atoms with Crippen molar-refractivity contribution in [1.29, 1.82) is 0 Å². The molecule has 27 heavy (non-hydrogen) atoms. The van der Waals surface area contributed by atoms with E-state index in [1.807, 2.05) is 6.07 Å². The van der Waals surface area contributed by atoms with E-state index in [0.717, 1.165) is 17.2 Å². The molecule has 1 aromatic heterocycles. The van der Waals surface area contributed by atoms with Crippen LogP contribution in [0.15, 0.2) is 54.9 Å². The molecule has 1 N–H and O–H groups in total. The van der Waals surface area contributed by atoms with E-state index in [2.05, 4.69) is 10.3 Å². The summed E-state index contributed by atoms with van der Waals surface area (Å²) in [7, 11) is -1.91. The Bertz CT molecular complexity index is 1120. The summed E-state index contributed by atoms with van der Waals surface area (Å²) in [6.45, 7) is 0. The van der Waals surface area contributed by atoms with Crippen molar-refractivity contribution in [2.24, 2.45) is 0 Å². The van der Waals surface area contributed by atoms with Crippen LogP contribution in [0.25, 0.3) is 10.8 Å². The molecule has 0 saturated heterocycles. The van der Waals surface area contributed by atoms with E-state index in [1.165, 1.54) is 11.4 Å². The van der Waals surface area contributed by atoms with Crippen LogP contribution in [0.3, 0.4) is 0 Å². The first-order chi connectivity index (χ1) is 12.7. The zero-order chi connectivity index (χ0) is 19.6. The Morgan fingerprint density at radius 3 is 2.67 bits per heavy atom. The Labute approximate surface area is 162 Å². The third-order valence-corrected chi connectivity index (χ3v) is 5.57. The second-order valence-corrected chi connectivity index (χ2v) is 8.63. The third-order valence-electron chi connectivity index (χ3n) is 4.13. The summed E-state index contributed by atoms with van der Waals surface area (Å²) in [5, 5.41) is 4.91. The van der Waals surface area contributed by atoms with E-state index in [-0.39, 0.29) is 12.3 Å². The van der Waals surface area contributed by atoms with Crippen LogP contribution in [0.1, 0.15) is 5.56 Å². The Balaban J connectivity index is 1.90. The van der Waals surface area contributed by atoms with Gasteiger partial charge in [0.25, 0.3) is 0 Å². The van der Waals surface area contributed by atoms with Crippen molar-refractivity contribution in [3.8, 4) is 0 Å². The number of hydrogen-bond donors (Lipinski definition) is 1. The largest absolute Gasteiger partial charge is 0.324 e. The highest BCUT2D eigenvalue weighted by molar-refractivity contribution is 7.92. The van der Waals surface area contributed by atoms with E-state index in [0.29, 0.717) is 21.8 Å². The van der Waals surface area contributed by atoms with Crippen molar-refractivity contribution in [1.82, 2.24) is 4.98 Å². The predicted molar refractivity (Wildman–Crippen MR) is 109 cm³/mol. The number of anilines is 2. The van der Waals surface area contributed by atoms with Crippen LogP contribution in [0.5, 0.6) is 0 Å². The van der Waals surface area contributed by atoms with Crippen LogP contribution in [0.2, 0.25) is 5.02 Å². The molecule has 8 heteroatoms. The van der Waals surface area contributed by atoms with Crippen molar-refractivity contribution in [2.75, 3.05) is 22.9 Å². The third kappa shape index (κ3) is 4.56. The normalized spacial score (nSPS) is 11.4. The van der Waals surface area contributed by atoms with Gasteiger partial charge in [-0.05, 0) is 29.8 Å². The first kappa shape index (κ1) is 19.1. The van der Waals surface area contributed by atoms with Crippen LogP contribution >= 0.6 is 11.6 Å². The number of benzene rings is 2. The average molecular weight is 404 g/mol. The number of fused-ring (bicyclic) bond motifs is 1. The van der Waals surface area contributed by atoms with Gasteiger partial charge in [0.05, 0.1) is 30.2 Å². The minimum Gasteiger partial charge on any atom is -0.324 e. The Kier molecular flexibility index (Phi) is 5.34. The molecule has 2 aromatic carbocycles. The lowest BCUT2D eigenvalue weighted by molar-refractivity contribution is -0.115. The van der Waals surface area contributed by atoms with E-state index in [9.17, 15) is 13.2 Å². The highest BCUT2D eigenvalue weighted by atomic mass is 35.5. The molecule has 3 rings (SSSR count). The zero-order valence-electron chi connectivity index (χ0n) is 14.8. The van der Waals surface area contributed by atoms with Gasteiger partial charge in [-0.3, -0.25) is 14.1 Å². The number of aromatic nitrogens is 1. The molecule has 0 aliphatic carbocycles. The molecular formula is C19H18ClN3O3S. The van der Waals surface area contributed by atoms with Gasteiger partial charge in [0.15, 0.2) is 0 Å². The molecule has 0 atom stereocenters. The molecule has 0 spiro atoms. The van der Waals surface area contributed by atoms with E-state index < -0.39 is 10.0 Å². The van der Waals surface area contributed by atoms with Crippen molar-refractivity contribution < 1.29 is 13.2 Å². The molecule has 1 heterocycles. The van der Waals surface area contributed by atoms with Crippen LogP contribution in [-0.2, 0) is 21.2 Å². The zero-order valence-corrected chi connectivity index (χ0v) is 16.4. The first-order valence-electron chi connectivity index (χ1n) is 8.10. The van der Waals surface area contributed by atoms with E-state index in [4.69, 9.17) is 11.6 Å². The van der Waals surface area contributed by atoms with Gasteiger partial charge in [0, 0.05) is 29.0 Å². The van der Waals surface area contributed by atoms with Crippen molar-refractivity contribution in [3.05, 3.63) is 65.4 Å². The van der Waals surface area contributed by atoms with E-state index in [1.54, 1.807) is 48.8 Å². The summed E-state index contributed by atoms with van der Waals surface area (Å²) in [5.74, 6) is -0.214. The summed E-state index contributed by atoms with van der Waals surface area (Å²) < 4.78 is 24.8. The van der Waals surface area contributed by atoms with Crippen LogP contribution in [0, 0.1) is 0 Å². The number of carbonyl (C=O) groups excluding carboxylic acids is 1. The molecule has 0 bridgehead atoms. The lowest BCUT2D eigenvalue weighted by Crippen LogP contribution is -2.24. The fourth-order valence-corrected chi connectivity index (χ4v) is 3.37. The summed E-state index contributed by atoms with van der Waals surface area (Å²) in [4.78, 5) is 16.6. The number of nitrogens with one attached hydrogen (secondary N) is 1. The molecular weight excluding hydrogens is 386 g/mol. The monoisotopic (exact) mass is 403 g/mol. The number of rotatable bonds is 5. The molecule has 3 aromatic rings. The number of pyridine rings is 1. The summed E-state index contributed by atoms with van der Waals surface area (Å²) >= 11 is 5.95. The molecule has 0 radical (unpaired) electrons. The SMILES string of the molecule is CN(c1ccc2cncc(NC(=O)Cc3cccc(Cl)c3)c2c1)S(C)(=O)=O. The van der Waals surface area contributed by atoms with Gasteiger partial charge in [-0.1, -0.05) is 29.8 Å². The lowest BCUT2D eigenvalue weighted by atomic mass is 10.1. The van der Waals surface area contributed by atoms with Gasteiger partial charge in [0.2, 0.25) is 15.9 Å². The fraction of sp³-hybridized carbons (Fsp3) is 0.158. The number of sulfonamides is 1. The predicted octanol–water partition coefficient (Wildman–Crippen LogP) is 3.47.